The van der Waals surface area contributed by atoms with E-state index in [0.29, 0.717) is 12.5 Å². The van der Waals surface area contributed by atoms with Crippen LogP contribution in [0.15, 0.2) is 53.5 Å². The molecule has 126 valence electrons. The Kier molecular flexibility index (Phi) is 4.93. The maximum absolute atomic E-state index is 13.2. The van der Waals surface area contributed by atoms with Crippen LogP contribution in [0.25, 0.3) is 0 Å². The molecule has 0 unspecified atom stereocenters. The Morgan fingerprint density at radius 1 is 0.958 bits per heavy atom. The first-order chi connectivity index (χ1) is 11.6. The van der Waals surface area contributed by atoms with Crippen LogP contribution in [0, 0.1) is 11.6 Å². The first-order valence-electron chi connectivity index (χ1n) is 7.91. The standard InChI is InChI=1S/C18H20F2N4/c19-15-4-6-17(7-5-15)23-8-10-24(11-9-23)18(21)22-13-14-2-1-3-16(20)12-14/h1-7,12H,8-11,13H2,(H2,21,22). The summed E-state index contributed by atoms with van der Waals surface area (Å²) in [6.45, 7) is 3.44. The quantitative estimate of drug-likeness (QED) is 0.695. The fourth-order valence-corrected chi connectivity index (χ4v) is 2.75. The normalized spacial score (nSPS) is 15.7. The summed E-state index contributed by atoms with van der Waals surface area (Å²) in [5, 5.41) is 0. The molecule has 2 N–H and O–H groups in total. The molecule has 1 aliphatic heterocycles. The van der Waals surface area contributed by atoms with Crippen molar-refractivity contribution in [3.63, 3.8) is 0 Å². The Balaban J connectivity index is 1.55. The van der Waals surface area contributed by atoms with Crippen molar-refractivity contribution in [3.8, 4) is 0 Å². The van der Waals surface area contributed by atoms with Crippen molar-refractivity contribution in [3.05, 3.63) is 65.7 Å². The molecule has 0 aliphatic carbocycles. The van der Waals surface area contributed by atoms with Crippen LogP contribution >= 0.6 is 0 Å². The topological polar surface area (TPSA) is 44.9 Å². The van der Waals surface area contributed by atoms with E-state index in [2.05, 4.69) is 9.89 Å². The monoisotopic (exact) mass is 330 g/mol. The largest absolute Gasteiger partial charge is 0.370 e. The third-order valence-electron chi connectivity index (χ3n) is 4.11. The van der Waals surface area contributed by atoms with Gasteiger partial charge in [0.05, 0.1) is 6.54 Å². The highest BCUT2D eigenvalue weighted by molar-refractivity contribution is 5.78. The number of anilines is 1. The fraction of sp³-hybridized carbons (Fsp3) is 0.278. The van der Waals surface area contributed by atoms with E-state index in [0.717, 1.165) is 37.4 Å². The SMILES string of the molecule is NC(=NCc1cccc(F)c1)N1CCN(c2ccc(F)cc2)CC1. The maximum atomic E-state index is 13.2. The highest BCUT2D eigenvalue weighted by Gasteiger charge is 2.18. The predicted octanol–water partition coefficient (Wildman–Crippen LogP) is 2.60. The molecule has 0 atom stereocenters. The molecular formula is C18H20F2N4. The first-order valence-corrected chi connectivity index (χ1v) is 7.91. The van der Waals surface area contributed by atoms with Crippen molar-refractivity contribution < 1.29 is 8.78 Å². The van der Waals surface area contributed by atoms with E-state index >= 15 is 0 Å². The summed E-state index contributed by atoms with van der Waals surface area (Å²) >= 11 is 0. The number of benzene rings is 2. The van der Waals surface area contributed by atoms with Crippen LogP contribution in [0.3, 0.4) is 0 Å². The Bertz CT molecular complexity index is 707. The third kappa shape index (κ3) is 4.01. The number of nitrogens with zero attached hydrogens (tertiary/aromatic N) is 3. The average molecular weight is 330 g/mol. The Morgan fingerprint density at radius 3 is 2.33 bits per heavy atom. The first kappa shape index (κ1) is 16.2. The molecule has 1 heterocycles. The van der Waals surface area contributed by atoms with Gasteiger partial charge in [-0.25, -0.2) is 13.8 Å². The molecule has 0 amide bonds. The summed E-state index contributed by atoms with van der Waals surface area (Å²) in [5.41, 5.74) is 7.85. The van der Waals surface area contributed by atoms with Crippen molar-refractivity contribution in [2.24, 2.45) is 10.7 Å². The van der Waals surface area contributed by atoms with Gasteiger partial charge in [-0.1, -0.05) is 12.1 Å². The molecule has 24 heavy (non-hydrogen) atoms. The van der Waals surface area contributed by atoms with Gasteiger partial charge >= 0.3 is 0 Å². The fourth-order valence-electron chi connectivity index (χ4n) is 2.75. The molecule has 1 aliphatic rings. The number of nitrogens with two attached hydrogens (primary N) is 1. The van der Waals surface area contributed by atoms with E-state index in [4.69, 9.17) is 5.73 Å². The maximum Gasteiger partial charge on any atom is 0.191 e. The van der Waals surface area contributed by atoms with Crippen molar-refractivity contribution >= 4 is 11.6 Å². The molecule has 1 fully saturated rings. The minimum absolute atomic E-state index is 0.230. The highest BCUT2D eigenvalue weighted by atomic mass is 19.1. The van der Waals surface area contributed by atoms with Crippen LogP contribution in [-0.4, -0.2) is 37.0 Å². The highest BCUT2D eigenvalue weighted by Crippen LogP contribution is 2.17. The lowest BCUT2D eigenvalue weighted by Crippen LogP contribution is -2.51. The Hall–Kier alpha value is -2.63. The van der Waals surface area contributed by atoms with Crippen molar-refractivity contribution in [2.75, 3.05) is 31.1 Å². The van der Waals surface area contributed by atoms with Gasteiger partial charge in [-0.2, -0.15) is 0 Å². The number of piperazine rings is 1. The van der Waals surface area contributed by atoms with Crippen LogP contribution < -0.4 is 10.6 Å². The molecule has 0 bridgehead atoms. The van der Waals surface area contributed by atoms with Gasteiger partial charge in [0.15, 0.2) is 5.96 Å². The molecule has 4 nitrogen and oxygen atoms in total. The lowest BCUT2D eigenvalue weighted by Gasteiger charge is -2.36. The van der Waals surface area contributed by atoms with E-state index in [1.54, 1.807) is 18.2 Å². The van der Waals surface area contributed by atoms with E-state index in [1.807, 2.05) is 11.0 Å². The van der Waals surface area contributed by atoms with Crippen LogP contribution in [-0.2, 0) is 6.54 Å². The third-order valence-corrected chi connectivity index (χ3v) is 4.11. The summed E-state index contributed by atoms with van der Waals surface area (Å²) < 4.78 is 26.1. The minimum Gasteiger partial charge on any atom is -0.370 e. The van der Waals surface area contributed by atoms with E-state index < -0.39 is 0 Å². The zero-order chi connectivity index (χ0) is 16.9. The molecule has 0 spiro atoms. The lowest BCUT2D eigenvalue weighted by molar-refractivity contribution is 0.380. The molecule has 0 saturated carbocycles. The Morgan fingerprint density at radius 2 is 1.67 bits per heavy atom. The van der Waals surface area contributed by atoms with Gasteiger partial charge in [-0.3, -0.25) is 0 Å². The second-order valence-corrected chi connectivity index (χ2v) is 5.75. The van der Waals surface area contributed by atoms with Gasteiger partial charge in [0.25, 0.3) is 0 Å². The molecule has 2 aromatic carbocycles. The van der Waals surface area contributed by atoms with Crippen LogP contribution in [0.5, 0.6) is 0 Å². The lowest BCUT2D eigenvalue weighted by atomic mass is 10.2. The molecule has 0 aromatic heterocycles. The van der Waals surface area contributed by atoms with Gasteiger partial charge in [0.1, 0.15) is 11.6 Å². The second-order valence-electron chi connectivity index (χ2n) is 5.75. The summed E-state index contributed by atoms with van der Waals surface area (Å²) in [7, 11) is 0. The zero-order valence-corrected chi connectivity index (χ0v) is 13.3. The Labute approximate surface area is 140 Å². The van der Waals surface area contributed by atoms with Crippen LogP contribution in [0.4, 0.5) is 14.5 Å². The molecule has 6 heteroatoms. The van der Waals surface area contributed by atoms with Gasteiger partial charge < -0.3 is 15.5 Å². The zero-order valence-electron chi connectivity index (χ0n) is 13.3. The van der Waals surface area contributed by atoms with Gasteiger partial charge in [-0.05, 0) is 42.0 Å². The summed E-state index contributed by atoms with van der Waals surface area (Å²) in [5.74, 6) is -0.0293. The van der Waals surface area contributed by atoms with Crippen LogP contribution in [0.2, 0.25) is 0 Å². The number of hydrogen-bond donors (Lipinski definition) is 1. The second kappa shape index (κ2) is 7.29. The number of halogens is 2. The molecular weight excluding hydrogens is 310 g/mol. The number of aliphatic imine (C=N–C) groups is 1. The summed E-state index contributed by atoms with van der Waals surface area (Å²) in [6, 6.07) is 12.9. The summed E-state index contributed by atoms with van der Waals surface area (Å²) in [6.07, 6.45) is 0. The minimum atomic E-state index is -0.269. The van der Waals surface area contributed by atoms with Gasteiger partial charge in [0.2, 0.25) is 0 Å². The number of guanidine groups is 1. The molecule has 1 saturated heterocycles. The van der Waals surface area contributed by atoms with Crippen molar-refractivity contribution in [2.45, 2.75) is 6.54 Å². The molecule has 2 aromatic rings. The molecule has 3 rings (SSSR count). The molecule has 0 radical (unpaired) electrons. The van der Waals surface area contributed by atoms with Crippen molar-refractivity contribution in [1.29, 1.82) is 0 Å². The van der Waals surface area contributed by atoms with Gasteiger partial charge in [0, 0.05) is 31.9 Å². The van der Waals surface area contributed by atoms with Gasteiger partial charge in [-0.15, -0.1) is 0 Å². The number of rotatable bonds is 3. The van der Waals surface area contributed by atoms with Crippen LogP contribution in [0.1, 0.15) is 5.56 Å². The smallest absolute Gasteiger partial charge is 0.191 e. The van der Waals surface area contributed by atoms with Crippen molar-refractivity contribution in [1.82, 2.24) is 4.90 Å². The predicted molar refractivity (Wildman–Crippen MR) is 91.9 cm³/mol. The average Bonchev–Trinajstić information content (AvgIpc) is 2.61. The van der Waals surface area contributed by atoms with E-state index in [1.165, 1.54) is 24.3 Å². The van der Waals surface area contributed by atoms with E-state index in [9.17, 15) is 8.78 Å². The van der Waals surface area contributed by atoms with E-state index in [-0.39, 0.29) is 11.6 Å². The number of hydrogen-bond acceptors (Lipinski definition) is 2. The summed E-state index contributed by atoms with van der Waals surface area (Å²) in [4.78, 5) is 8.56.